The first-order valence-corrected chi connectivity index (χ1v) is 19.1. The molecule has 2 unspecified atom stereocenters. The minimum absolute atomic E-state index is 0.0277. The molecule has 0 aliphatic carbocycles. The van der Waals surface area contributed by atoms with Crippen molar-refractivity contribution in [2.75, 3.05) is 47.2 Å². The number of nitrogens with two attached hydrogens (primary N) is 1. The van der Waals surface area contributed by atoms with Gasteiger partial charge in [0.05, 0.1) is 36.6 Å². The molecule has 15 nitrogen and oxygen atoms in total. The van der Waals surface area contributed by atoms with Gasteiger partial charge in [-0.2, -0.15) is 5.26 Å². The SMILES string of the molecule is COCOc1c(OC)c(C)cc2c1[C@@H]1C3[C@@H]4SC[C@H](NC(=O)C(N)C(C)C)C(=O)OC[C@@H](c5c6c(c(C)c(OC(C)=O)c54)OCO6)N3[C@@H](C#N)[C@H](C2)N1C. The highest BCUT2D eigenvalue weighted by atomic mass is 32.2. The van der Waals surface area contributed by atoms with E-state index in [2.05, 4.69) is 27.3 Å². The van der Waals surface area contributed by atoms with Gasteiger partial charge in [-0.25, -0.2) is 4.79 Å². The summed E-state index contributed by atoms with van der Waals surface area (Å²) in [5.74, 6) is 0.618. The van der Waals surface area contributed by atoms with Crippen LogP contribution < -0.4 is 34.7 Å². The Morgan fingerprint density at radius 2 is 1.85 bits per heavy atom. The summed E-state index contributed by atoms with van der Waals surface area (Å²) >= 11 is 1.41. The number of hydrogen-bond acceptors (Lipinski definition) is 15. The number of nitriles is 1. The van der Waals surface area contributed by atoms with Crippen LogP contribution >= 0.6 is 11.8 Å². The number of aryl methyl sites for hydroxylation is 1. The van der Waals surface area contributed by atoms with Gasteiger partial charge in [-0.1, -0.05) is 19.9 Å². The lowest BCUT2D eigenvalue weighted by Crippen LogP contribution is -2.69. The summed E-state index contributed by atoms with van der Waals surface area (Å²) in [6.45, 7) is 8.50. The lowest BCUT2D eigenvalue weighted by molar-refractivity contribution is -0.152. The molecule has 5 aliphatic heterocycles. The topological polar surface area (TPSA) is 184 Å². The Hall–Kier alpha value is -4.27. The predicted molar refractivity (Wildman–Crippen MR) is 196 cm³/mol. The lowest BCUT2D eigenvalue weighted by atomic mass is 9.71. The molecule has 2 aromatic rings. The fraction of sp³-hybridized carbons (Fsp3) is 0.579. The molecule has 54 heavy (non-hydrogen) atoms. The van der Waals surface area contributed by atoms with Crippen molar-refractivity contribution >= 4 is 29.6 Å². The average molecular weight is 766 g/mol. The highest BCUT2D eigenvalue weighted by molar-refractivity contribution is 7.99. The fourth-order valence-electron chi connectivity index (χ4n) is 8.88. The monoisotopic (exact) mass is 765 g/mol. The molecule has 0 radical (unpaired) electrons. The van der Waals surface area contributed by atoms with Crippen molar-refractivity contribution in [1.82, 2.24) is 15.1 Å². The van der Waals surface area contributed by atoms with Crippen molar-refractivity contribution in [3.63, 3.8) is 0 Å². The summed E-state index contributed by atoms with van der Waals surface area (Å²) in [6.07, 6.45) is 0.531. The summed E-state index contributed by atoms with van der Waals surface area (Å²) in [5, 5.41) is 13.4. The Balaban J connectivity index is 1.50. The number of fused-ring (bicyclic) bond motifs is 9. The number of carbonyl (C=O) groups excluding carboxylic acids is 3. The Morgan fingerprint density at radius 1 is 1.11 bits per heavy atom. The van der Waals surface area contributed by atoms with E-state index in [4.69, 9.17) is 38.9 Å². The van der Waals surface area contributed by atoms with Gasteiger partial charge in [0.25, 0.3) is 0 Å². The van der Waals surface area contributed by atoms with Crippen molar-refractivity contribution < 1.29 is 47.5 Å². The number of carbonyl (C=O) groups is 3. The zero-order valence-electron chi connectivity index (χ0n) is 31.7. The second-order valence-corrected chi connectivity index (χ2v) is 15.9. The molecule has 0 saturated carbocycles. The van der Waals surface area contributed by atoms with Gasteiger partial charge in [0.1, 0.15) is 24.4 Å². The first-order valence-electron chi connectivity index (χ1n) is 18.0. The third-order valence-corrected chi connectivity index (χ3v) is 12.7. The molecule has 2 saturated heterocycles. The first kappa shape index (κ1) is 38.0. The van der Waals surface area contributed by atoms with Gasteiger partial charge in [-0.05, 0) is 44.4 Å². The van der Waals surface area contributed by atoms with E-state index >= 15 is 0 Å². The van der Waals surface area contributed by atoms with E-state index in [0.29, 0.717) is 51.9 Å². The Morgan fingerprint density at radius 3 is 2.52 bits per heavy atom. The maximum absolute atomic E-state index is 13.9. The third kappa shape index (κ3) is 6.01. The molecule has 4 bridgehead atoms. The Bertz CT molecular complexity index is 1920. The number of thioether (sulfide) groups is 1. The van der Waals surface area contributed by atoms with Gasteiger partial charge in [0.2, 0.25) is 12.7 Å². The maximum Gasteiger partial charge on any atom is 0.329 e. The molecular formula is C38H47N5O10S. The number of cyclic esters (lactones) is 1. The van der Waals surface area contributed by atoms with E-state index < -0.39 is 59.3 Å². The van der Waals surface area contributed by atoms with E-state index in [0.717, 1.165) is 16.7 Å². The number of rotatable bonds is 8. The number of likely N-dealkylation sites (N-methyl/N-ethyl adjacent to an activating group) is 1. The van der Waals surface area contributed by atoms with Crippen molar-refractivity contribution in [3.8, 4) is 34.8 Å². The first-order chi connectivity index (χ1) is 25.8. The molecule has 0 aromatic heterocycles. The number of piperazine rings is 1. The number of nitrogens with one attached hydrogen (secondary N) is 1. The normalized spacial score (nSPS) is 27.5. The molecule has 5 aliphatic rings. The molecule has 8 atom stereocenters. The van der Waals surface area contributed by atoms with Crippen molar-refractivity contribution in [2.45, 2.75) is 88.6 Å². The van der Waals surface area contributed by atoms with Crippen LogP contribution in [0.25, 0.3) is 0 Å². The standard InChI is InChI=1S/C38H47N5O10S/c1-16(2)28(40)37(45)41-21-13-54-36-27-26(35-33(51-15-52-35)18(4)32(27)53-19(5)44)24(12-49-38(21)46)43-23(11-39)22-10-20-9-17(3)31(48-8)34(50-14-47-7)25(20)29(30(36)43)42(22)6/h9,16,21-24,28-30,36H,10,12-15,40H2,1-8H3,(H,41,45)/t21-,22-,23-,24-,28?,29+,30?,36+/m0/s1. The predicted octanol–water partition coefficient (Wildman–Crippen LogP) is 2.98. The number of methoxy groups -OCH3 is 2. The summed E-state index contributed by atoms with van der Waals surface area (Å²) in [4.78, 5) is 44.4. The fourth-order valence-corrected chi connectivity index (χ4v) is 10.4. The second-order valence-electron chi connectivity index (χ2n) is 14.7. The van der Waals surface area contributed by atoms with Crippen LogP contribution in [-0.4, -0.2) is 105 Å². The van der Waals surface area contributed by atoms with E-state index in [1.54, 1.807) is 14.2 Å². The zero-order valence-corrected chi connectivity index (χ0v) is 32.5. The molecule has 1 amide bonds. The minimum Gasteiger partial charge on any atom is -0.493 e. The number of hydrogen-bond donors (Lipinski definition) is 2. The quantitative estimate of drug-likeness (QED) is 0.227. The minimum atomic E-state index is -1.04. The van der Waals surface area contributed by atoms with Crippen LogP contribution in [0.15, 0.2) is 6.07 Å². The van der Waals surface area contributed by atoms with Gasteiger partial charge in [0.15, 0.2) is 29.8 Å². The zero-order chi connectivity index (χ0) is 38.7. The van der Waals surface area contributed by atoms with Crippen molar-refractivity contribution in [3.05, 3.63) is 39.4 Å². The van der Waals surface area contributed by atoms with Crippen LogP contribution in [-0.2, 0) is 30.3 Å². The van der Waals surface area contributed by atoms with Crippen molar-refractivity contribution in [1.29, 1.82) is 5.26 Å². The van der Waals surface area contributed by atoms with Gasteiger partial charge < -0.3 is 44.2 Å². The molecule has 2 aromatic carbocycles. The molecule has 5 heterocycles. The largest absolute Gasteiger partial charge is 0.493 e. The van der Waals surface area contributed by atoms with Gasteiger partial charge >= 0.3 is 11.9 Å². The van der Waals surface area contributed by atoms with Crippen LogP contribution in [0.5, 0.6) is 28.7 Å². The highest BCUT2D eigenvalue weighted by Crippen LogP contribution is 2.64. The highest BCUT2D eigenvalue weighted by Gasteiger charge is 2.61. The van der Waals surface area contributed by atoms with Crippen LogP contribution in [0.1, 0.15) is 71.5 Å². The number of nitrogens with zero attached hydrogens (tertiary/aromatic N) is 3. The van der Waals surface area contributed by atoms with E-state index in [9.17, 15) is 19.6 Å². The molecule has 16 heteroatoms. The van der Waals surface area contributed by atoms with Crippen molar-refractivity contribution in [2.24, 2.45) is 11.7 Å². The van der Waals surface area contributed by atoms with E-state index in [-0.39, 0.29) is 37.9 Å². The molecule has 3 N–H and O–H groups in total. The summed E-state index contributed by atoms with van der Waals surface area (Å²) < 4.78 is 42.0. The summed E-state index contributed by atoms with van der Waals surface area (Å²) in [6, 6.07) is 0.239. The number of benzene rings is 2. The number of amides is 1. The van der Waals surface area contributed by atoms with Crippen LogP contribution in [0.3, 0.4) is 0 Å². The Labute approximate surface area is 318 Å². The average Bonchev–Trinajstić information content (AvgIpc) is 3.63. The molecule has 290 valence electrons. The van der Waals surface area contributed by atoms with Gasteiger partial charge in [-0.15, -0.1) is 11.8 Å². The number of esters is 2. The van der Waals surface area contributed by atoms with Crippen LogP contribution in [0.2, 0.25) is 0 Å². The summed E-state index contributed by atoms with van der Waals surface area (Å²) in [7, 11) is 5.17. The van der Waals surface area contributed by atoms with Gasteiger partial charge in [-0.3, -0.25) is 19.4 Å². The maximum atomic E-state index is 13.9. The molecular weight excluding hydrogens is 719 g/mol. The molecule has 7 rings (SSSR count). The second kappa shape index (κ2) is 14.8. The van der Waals surface area contributed by atoms with E-state index in [1.807, 2.05) is 34.7 Å². The molecule has 2 fully saturated rings. The van der Waals surface area contributed by atoms with Crippen LogP contribution in [0.4, 0.5) is 0 Å². The molecule has 0 spiro atoms. The van der Waals surface area contributed by atoms with Gasteiger partial charge in [0, 0.05) is 54.1 Å². The Kier molecular flexibility index (Phi) is 10.4. The van der Waals surface area contributed by atoms with E-state index in [1.165, 1.54) is 18.7 Å². The third-order valence-electron chi connectivity index (χ3n) is 11.3. The lowest BCUT2D eigenvalue weighted by Gasteiger charge is -2.61. The smallest absolute Gasteiger partial charge is 0.329 e. The van der Waals surface area contributed by atoms with Crippen LogP contribution in [0, 0.1) is 31.1 Å². The number of ether oxygens (including phenoxy) is 7. The summed E-state index contributed by atoms with van der Waals surface area (Å²) in [5.41, 5.74) is 10.9.